The van der Waals surface area contributed by atoms with Crippen molar-refractivity contribution in [3.63, 3.8) is 0 Å². The summed E-state index contributed by atoms with van der Waals surface area (Å²) in [7, 11) is 0. The molecule has 0 aliphatic rings. The first-order valence-electron chi connectivity index (χ1n) is 5.76. The smallest absolute Gasteiger partial charge is 0.146 e. The van der Waals surface area contributed by atoms with Gasteiger partial charge in [-0.3, -0.25) is 0 Å². The summed E-state index contributed by atoms with van der Waals surface area (Å²) in [5.74, 6) is -0.282. The van der Waals surface area contributed by atoms with Gasteiger partial charge in [0.25, 0.3) is 0 Å². The zero-order valence-corrected chi connectivity index (χ0v) is 12.1. The van der Waals surface area contributed by atoms with Crippen LogP contribution in [-0.2, 0) is 0 Å². The second kappa shape index (κ2) is 5.29. The molecule has 0 amide bonds. The Morgan fingerprint density at radius 3 is 2.61 bits per heavy atom. The first kappa shape index (κ1) is 13.4. The fourth-order valence-electron chi connectivity index (χ4n) is 2.00. The fourth-order valence-corrected chi connectivity index (χ4v) is 3.19. The van der Waals surface area contributed by atoms with Crippen LogP contribution in [0.3, 0.4) is 0 Å². The van der Waals surface area contributed by atoms with Gasteiger partial charge in [-0.25, -0.2) is 4.39 Å². The number of hydrogen-bond acceptors (Lipinski definition) is 2. The molecule has 1 N–H and O–H groups in total. The van der Waals surface area contributed by atoms with Gasteiger partial charge in [-0.15, -0.1) is 11.3 Å². The van der Waals surface area contributed by atoms with E-state index in [1.807, 2.05) is 6.92 Å². The highest BCUT2D eigenvalue weighted by atomic mass is 35.5. The quantitative estimate of drug-likeness (QED) is 0.803. The normalized spacial score (nSPS) is 12.5. The average molecular weight is 284 g/mol. The highest BCUT2D eigenvalue weighted by Crippen LogP contribution is 2.30. The van der Waals surface area contributed by atoms with Crippen molar-refractivity contribution in [2.24, 2.45) is 0 Å². The molecule has 0 fully saturated rings. The summed E-state index contributed by atoms with van der Waals surface area (Å²) in [6.07, 6.45) is 0. The van der Waals surface area contributed by atoms with E-state index in [1.54, 1.807) is 23.5 Å². The van der Waals surface area contributed by atoms with Gasteiger partial charge in [0, 0.05) is 20.8 Å². The number of rotatable bonds is 3. The summed E-state index contributed by atoms with van der Waals surface area (Å²) in [6, 6.07) is 6.74. The van der Waals surface area contributed by atoms with Gasteiger partial charge in [-0.05, 0) is 50.6 Å². The lowest BCUT2D eigenvalue weighted by atomic mass is 10.1. The van der Waals surface area contributed by atoms with Crippen LogP contribution in [0.4, 0.5) is 10.1 Å². The Kier molecular flexibility index (Phi) is 3.93. The van der Waals surface area contributed by atoms with Gasteiger partial charge in [0.2, 0.25) is 0 Å². The van der Waals surface area contributed by atoms with E-state index in [0.29, 0.717) is 10.7 Å². The maximum absolute atomic E-state index is 13.6. The van der Waals surface area contributed by atoms with Gasteiger partial charge in [0.05, 0.1) is 5.69 Å². The first-order chi connectivity index (χ1) is 8.47. The van der Waals surface area contributed by atoms with Crippen LogP contribution in [0.25, 0.3) is 0 Å². The molecule has 0 aliphatic heterocycles. The number of benzene rings is 1. The first-order valence-corrected chi connectivity index (χ1v) is 6.95. The summed E-state index contributed by atoms with van der Waals surface area (Å²) in [5, 5.41) is 3.70. The maximum atomic E-state index is 13.6. The molecule has 4 heteroatoms. The minimum Gasteiger partial charge on any atom is -0.376 e. The second-order valence-electron chi connectivity index (χ2n) is 4.36. The van der Waals surface area contributed by atoms with Gasteiger partial charge in [-0.2, -0.15) is 0 Å². The highest BCUT2D eigenvalue weighted by molar-refractivity contribution is 7.12. The summed E-state index contributed by atoms with van der Waals surface area (Å²) >= 11 is 7.63. The third-order valence-corrected chi connectivity index (χ3v) is 4.06. The molecule has 2 aromatic rings. The van der Waals surface area contributed by atoms with Crippen molar-refractivity contribution in [3.05, 3.63) is 50.4 Å². The van der Waals surface area contributed by atoms with Crippen LogP contribution in [0.1, 0.15) is 28.3 Å². The van der Waals surface area contributed by atoms with Crippen LogP contribution in [0, 0.1) is 19.7 Å². The molecular formula is C14H15ClFNS. The molecule has 18 heavy (non-hydrogen) atoms. The Hall–Kier alpha value is -1.06. The van der Waals surface area contributed by atoms with Crippen molar-refractivity contribution >= 4 is 28.6 Å². The van der Waals surface area contributed by atoms with Crippen molar-refractivity contribution in [1.29, 1.82) is 0 Å². The molecular weight excluding hydrogens is 269 g/mol. The Balaban J connectivity index is 2.23. The van der Waals surface area contributed by atoms with Crippen LogP contribution >= 0.6 is 22.9 Å². The summed E-state index contributed by atoms with van der Waals surface area (Å²) < 4.78 is 13.6. The topological polar surface area (TPSA) is 12.0 Å². The predicted molar refractivity (Wildman–Crippen MR) is 77.2 cm³/mol. The predicted octanol–water partition coefficient (Wildman–Crippen LogP) is 5.33. The zero-order valence-electron chi connectivity index (χ0n) is 10.6. The number of halogens is 2. The molecule has 0 radical (unpaired) electrons. The van der Waals surface area contributed by atoms with E-state index in [0.717, 1.165) is 0 Å². The molecule has 1 atom stereocenters. The number of anilines is 1. The van der Waals surface area contributed by atoms with E-state index in [4.69, 9.17) is 11.6 Å². The van der Waals surface area contributed by atoms with Gasteiger partial charge < -0.3 is 5.32 Å². The lowest BCUT2D eigenvalue weighted by Gasteiger charge is -2.16. The Morgan fingerprint density at radius 1 is 1.28 bits per heavy atom. The van der Waals surface area contributed by atoms with Crippen LogP contribution < -0.4 is 5.32 Å². The van der Waals surface area contributed by atoms with Crippen LogP contribution in [0.5, 0.6) is 0 Å². The molecule has 2 rings (SSSR count). The molecule has 1 heterocycles. The monoisotopic (exact) mass is 283 g/mol. The molecule has 0 spiro atoms. The fraction of sp³-hybridized carbons (Fsp3) is 0.286. The molecule has 1 unspecified atom stereocenters. The molecule has 1 aromatic carbocycles. The number of thiophene rings is 1. The largest absolute Gasteiger partial charge is 0.376 e. The Morgan fingerprint density at radius 2 is 2.00 bits per heavy atom. The highest BCUT2D eigenvalue weighted by Gasteiger charge is 2.13. The van der Waals surface area contributed by atoms with E-state index >= 15 is 0 Å². The summed E-state index contributed by atoms with van der Waals surface area (Å²) in [6.45, 7) is 6.18. The van der Waals surface area contributed by atoms with Crippen molar-refractivity contribution in [2.75, 3.05) is 5.32 Å². The lowest BCUT2D eigenvalue weighted by Crippen LogP contribution is -2.08. The summed E-state index contributed by atoms with van der Waals surface area (Å²) in [4.78, 5) is 2.53. The van der Waals surface area contributed by atoms with Gasteiger partial charge in [0.15, 0.2) is 0 Å². The van der Waals surface area contributed by atoms with Crippen LogP contribution in [0.2, 0.25) is 5.02 Å². The minimum absolute atomic E-state index is 0.0583. The van der Waals surface area contributed by atoms with E-state index in [1.165, 1.54) is 21.4 Å². The van der Waals surface area contributed by atoms with Gasteiger partial charge in [-0.1, -0.05) is 11.6 Å². The SMILES string of the molecule is Cc1cc(C(C)Nc2cc(Cl)ccc2F)c(C)s1. The van der Waals surface area contributed by atoms with Crippen molar-refractivity contribution in [1.82, 2.24) is 0 Å². The average Bonchev–Trinajstić information content (AvgIpc) is 2.63. The zero-order chi connectivity index (χ0) is 13.3. The summed E-state index contributed by atoms with van der Waals surface area (Å²) in [5.41, 5.74) is 1.65. The molecule has 0 bridgehead atoms. The standard InChI is InChI=1S/C14H15ClFNS/c1-8-6-12(10(3)18-8)9(2)17-14-7-11(15)4-5-13(14)16/h4-7,9,17H,1-3H3. The Labute approximate surface area is 116 Å². The maximum Gasteiger partial charge on any atom is 0.146 e. The molecule has 0 saturated heterocycles. The Bertz CT molecular complexity index is 565. The van der Waals surface area contributed by atoms with E-state index < -0.39 is 0 Å². The van der Waals surface area contributed by atoms with Crippen molar-refractivity contribution < 1.29 is 4.39 Å². The van der Waals surface area contributed by atoms with Crippen LogP contribution in [0.15, 0.2) is 24.3 Å². The lowest BCUT2D eigenvalue weighted by molar-refractivity contribution is 0.627. The minimum atomic E-state index is -0.282. The molecule has 1 aromatic heterocycles. The number of nitrogens with one attached hydrogen (secondary N) is 1. The van der Waals surface area contributed by atoms with Gasteiger partial charge >= 0.3 is 0 Å². The third kappa shape index (κ3) is 2.85. The number of aryl methyl sites for hydroxylation is 2. The van der Waals surface area contributed by atoms with Gasteiger partial charge in [0.1, 0.15) is 5.82 Å². The molecule has 1 nitrogen and oxygen atoms in total. The van der Waals surface area contributed by atoms with Crippen LogP contribution in [-0.4, -0.2) is 0 Å². The van der Waals surface area contributed by atoms with E-state index in [2.05, 4.69) is 25.2 Å². The van der Waals surface area contributed by atoms with Crippen molar-refractivity contribution in [3.8, 4) is 0 Å². The third-order valence-electron chi connectivity index (χ3n) is 2.85. The molecule has 96 valence electrons. The van der Waals surface area contributed by atoms with E-state index in [-0.39, 0.29) is 11.9 Å². The number of hydrogen-bond donors (Lipinski definition) is 1. The second-order valence-corrected chi connectivity index (χ2v) is 6.26. The molecule has 0 saturated carbocycles. The van der Waals surface area contributed by atoms with E-state index in [9.17, 15) is 4.39 Å². The van der Waals surface area contributed by atoms with Crippen molar-refractivity contribution in [2.45, 2.75) is 26.8 Å². The molecule has 0 aliphatic carbocycles.